The third-order valence-electron chi connectivity index (χ3n) is 4.55. The van der Waals surface area contributed by atoms with Crippen LogP contribution in [-0.4, -0.2) is 21.3 Å². The first-order valence-corrected chi connectivity index (χ1v) is 7.24. The normalized spacial score (nSPS) is 15.3. The second-order valence-electron chi connectivity index (χ2n) is 5.56. The lowest BCUT2D eigenvalue weighted by molar-refractivity contribution is 0.325. The van der Waals surface area contributed by atoms with Crippen LogP contribution in [0.25, 0.3) is 11.1 Å². The predicted octanol–water partition coefficient (Wildman–Crippen LogP) is 3.36. The number of methoxy groups -OCH3 is 3. The first kappa shape index (κ1) is 14.7. The molecule has 0 amide bonds. The summed E-state index contributed by atoms with van der Waals surface area (Å²) in [7, 11) is 4.88. The van der Waals surface area contributed by atoms with Crippen molar-refractivity contribution < 1.29 is 14.2 Å². The van der Waals surface area contributed by atoms with Crippen LogP contribution in [0.1, 0.15) is 28.3 Å². The molecule has 4 nitrogen and oxygen atoms in total. The fourth-order valence-corrected chi connectivity index (χ4v) is 3.27. The summed E-state index contributed by atoms with van der Waals surface area (Å²) in [5, 5.41) is 0. The zero-order valence-electron chi connectivity index (χ0n) is 13.6. The Morgan fingerprint density at radius 1 is 0.864 bits per heavy atom. The molecule has 0 aromatic heterocycles. The van der Waals surface area contributed by atoms with Gasteiger partial charge in [-0.3, -0.25) is 0 Å². The van der Waals surface area contributed by atoms with Crippen molar-refractivity contribution in [2.24, 2.45) is 5.73 Å². The Bertz CT molecular complexity index is 753. The summed E-state index contributed by atoms with van der Waals surface area (Å²) >= 11 is 0. The maximum absolute atomic E-state index is 6.46. The molecule has 1 unspecified atom stereocenters. The number of benzene rings is 2. The number of aryl methyl sites for hydroxylation is 1. The molecule has 1 aliphatic rings. The molecule has 0 saturated heterocycles. The smallest absolute Gasteiger partial charge is 0.203 e. The number of fused-ring (bicyclic) bond motifs is 3. The molecule has 0 spiro atoms. The third kappa shape index (κ3) is 1.80. The molecule has 0 bridgehead atoms. The zero-order valence-corrected chi connectivity index (χ0v) is 13.6. The number of nitrogens with two attached hydrogens (primary N) is 1. The lowest BCUT2D eigenvalue weighted by Crippen LogP contribution is -2.08. The Hall–Kier alpha value is -2.20. The van der Waals surface area contributed by atoms with Gasteiger partial charge in [-0.15, -0.1) is 0 Å². The second kappa shape index (κ2) is 5.21. The van der Waals surface area contributed by atoms with Gasteiger partial charge in [-0.05, 0) is 47.7 Å². The topological polar surface area (TPSA) is 53.7 Å². The molecule has 2 N–H and O–H groups in total. The van der Waals surface area contributed by atoms with Crippen molar-refractivity contribution in [3.05, 3.63) is 40.5 Å². The van der Waals surface area contributed by atoms with E-state index >= 15 is 0 Å². The van der Waals surface area contributed by atoms with E-state index in [1.54, 1.807) is 21.3 Å². The van der Waals surface area contributed by atoms with Crippen molar-refractivity contribution in [3.63, 3.8) is 0 Å². The Morgan fingerprint density at radius 2 is 1.55 bits per heavy atom. The summed E-state index contributed by atoms with van der Waals surface area (Å²) in [4.78, 5) is 0. The minimum absolute atomic E-state index is 0.182. The molecule has 0 saturated carbocycles. The lowest BCUT2D eigenvalue weighted by atomic mass is 9.95. The molecule has 2 aromatic carbocycles. The minimum Gasteiger partial charge on any atom is -0.493 e. The van der Waals surface area contributed by atoms with E-state index in [-0.39, 0.29) is 6.04 Å². The van der Waals surface area contributed by atoms with Crippen LogP contribution < -0.4 is 19.9 Å². The zero-order chi connectivity index (χ0) is 16.0. The summed E-state index contributed by atoms with van der Waals surface area (Å²) in [6.07, 6.45) is 0. The minimum atomic E-state index is -0.182. The van der Waals surface area contributed by atoms with Gasteiger partial charge in [-0.25, -0.2) is 0 Å². The van der Waals surface area contributed by atoms with Gasteiger partial charge in [-0.1, -0.05) is 12.1 Å². The second-order valence-corrected chi connectivity index (χ2v) is 5.56. The molecule has 0 aliphatic heterocycles. The van der Waals surface area contributed by atoms with Gasteiger partial charge in [0.05, 0.1) is 27.4 Å². The fraction of sp³-hybridized carbons (Fsp3) is 0.333. The number of hydrogen-bond donors (Lipinski definition) is 1. The quantitative estimate of drug-likeness (QED) is 0.944. The van der Waals surface area contributed by atoms with E-state index in [1.165, 1.54) is 11.1 Å². The van der Waals surface area contributed by atoms with Crippen molar-refractivity contribution in [2.75, 3.05) is 21.3 Å². The molecule has 4 heteroatoms. The van der Waals surface area contributed by atoms with Crippen molar-refractivity contribution >= 4 is 0 Å². The van der Waals surface area contributed by atoms with E-state index in [0.717, 1.165) is 22.3 Å². The highest BCUT2D eigenvalue weighted by Gasteiger charge is 2.34. The van der Waals surface area contributed by atoms with E-state index in [0.29, 0.717) is 17.2 Å². The maximum atomic E-state index is 6.46. The van der Waals surface area contributed by atoms with Gasteiger partial charge in [-0.2, -0.15) is 0 Å². The standard InChI is InChI=1S/C18H21NO3/c1-9-6-7-11-14(10(9)2)15-12(16(11)19)8-13(20-3)17(21-4)18(15)22-5/h6-8,16H,19H2,1-5H3. The molecule has 2 aromatic rings. The number of hydrogen-bond acceptors (Lipinski definition) is 4. The van der Waals surface area contributed by atoms with E-state index in [9.17, 15) is 0 Å². The summed E-state index contributed by atoms with van der Waals surface area (Å²) in [6, 6.07) is 5.98. The van der Waals surface area contributed by atoms with Crippen LogP contribution in [0.15, 0.2) is 18.2 Å². The van der Waals surface area contributed by atoms with Crippen LogP contribution in [0.2, 0.25) is 0 Å². The SMILES string of the molecule is COc1cc2c(c(OC)c1OC)-c1c(ccc(C)c1C)C2N. The maximum Gasteiger partial charge on any atom is 0.203 e. The van der Waals surface area contributed by atoms with E-state index in [1.807, 2.05) is 6.07 Å². The van der Waals surface area contributed by atoms with Gasteiger partial charge in [0.15, 0.2) is 11.5 Å². The first-order valence-electron chi connectivity index (χ1n) is 7.24. The first-order chi connectivity index (χ1) is 10.5. The molecule has 3 rings (SSSR count). The fourth-order valence-electron chi connectivity index (χ4n) is 3.27. The monoisotopic (exact) mass is 299 g/mol. The van der Waals surface area contributed by atoms with Gasteiger partial charge in [0, 0.05) is 5.56 Å². The Balaban J connectivity index is 2.43. The van der Waals surface area contributed by atoms with E-state index in [2.05, 4.69) is 26.0 Å². The molecule has 22 heavy (non-hydrogen) atoms. The van der Waals surface area contributed by atoms with Crippen molar-refractivity contribution in [2.45, 2.75) is 19.9 Å². The number of ether oxygens (including phenoxy) is 3. The molecule has 1 atom stereocenters. The molecular formula is C18H21NO3. The average Bonchev–Trinajstić information content (AvgIpc) is 2.82. The van der Waals surface area contributed by atoms with Crippen LogP contribution in [0.4, 0.5) is 0 Å². The highest BCUT2D eigenvalue weighted by molar-refractivity contribution is 5.89. The van der Waals surface area contributed by atoms with Gasteiger partial charge in [0.1, 0.15) is 0 Å². The lowest BCUT2D eigenvalue weighted by Gasteiger charge is -2.17. The summed E-state index contributed by atoms with van der Waals surface area (Å²) in [5.41, 5.74) is 13.2. The molecule has 0 fully saturated rings. The molecule has 1 aliphatic carbocycles. The van der Waals surface area contributed by atoms with Crippen LogP contribution in [0.5, 0.6) is 17.2 Å². The van der Waals surface area contributed by atoms with Gasteiger partial charge in [0.25, 0.3) is 0 Å². The van der Waals surface area contributed by atoms with Gasteiger partial charge < -0.3 is 19.9 Å². The van der Waals surface area contributed by atoms with Crippen LogP contribution in [0, 0.1) is 13.8 Å². The predicted molar refractivity (Wildman–Crippen MR) is 87.0 cm³/mol. The Kier molecular flexibility index (Phi) is 3.49. The Labute approximate surface area is 130 Å². The summed E-state index contributed by atoms with van der Waals surface area (Å²) in [5.74, 6) is 1.92. The van der Waals surface area contributed by atoms with Gasteiger partial charge in [0.2, 0.25) is 5.75 Å². The van der Waals surface area contributed by atoms with Crippen LogP contribution in [-0.2, 0) is 0 Å². The molecule has 0 radical (unpaired) electrons. The largest absolute Gasteiger partial charge is 0.493 e. The molecule has 116 valence electrons. The van der Waals surface area contributed by atoms with Gasteiger partial charge >= 0.3 is 0 Å². The van der Waals surface area contributed by atoms with Crippen molar-refractivity contribution in [1.82, 2.24) is 0 Å². The molecular weight excluding hydrogens is 278 g/mol. The summed E-state index contributed by atoms with van der Waals surface area (Å²) in [6.45, 7) is 4.22. The van der Waals surface area contributed by atoms with Crippen LogP contribution in [0.3, 0.4) is 0 Å². The Morgan fingerprint density at radius 3 is 2.14 bits per heavy atom. The van der Waals surface area contributed by atoms with E-state index in [4.69, 9.17) is 19.9 Å². The number of rotatable bonds is 3. The van der Waals surface area contributed by atoms with E-state index < -0.39 is 0 Å². The molecule has 0 heterocycles. The average molecular weight is 299 g/mol. The van der Waals surface area contributed by atoms with Crippen LogP contribution >= 0.6 is 0 Å². The summed E-state index contributed by atoms with van der Waals surface area (Å²) < 4.78 is 16.6. The van der Waals surface area contributed by atoms with Crippen molar-refractivity contribution in [3.8, 4) is 28.4 Å². The third-order valence-corrected chi connectivity index (χ3v) is 4.55. The van der Waals surface area contributed by atoms with Crippen molar-refractivity contribution in [1.29, 1.82) is 0 Å². The highest BCUT2D eigenvalue weighted by atomic mass is 16.5. The highest BCUT2D eigenvalue weighted by Crippen LogP contribution is 2.55.